The van der Waals surface area contributed by atoms with Crippen LogP contribution >= 0.6 is 0 Å². The van der Waals surface area contributed by atoms with Crippen molar-refractivity contribution in [2.45, 2.75) is 298 Å². The van der Waals surface area contributed by atoms with E-state index < -0.39 is 256 Å². The molecule has 0 saturated carbocycles. The maximum atomic E-state index is 13.9. The largest absolute Gasteiger partial charge is 0.480 e. The molecule has 7 N–H and O–H groups in total. The zero-order valence-corrected chi connectivity index (χ0v) is 86.3. The Kier molecular flexibility index (Phi) is 51.1. The molecule has 838 valence electrons. The van der Waals surface area contributed by atoms with Gasteiger partial charge in [-0.2, -0.15) is 0 Å². The second-order valence-electron chi connectivity index (χ2n) is 34.8. The Bertz CT molecular complexity index is 4820. The van der Waals surface area contributed by atoms with Crippen LogP contribution in [-0.4, -0.2) is 420 Å². The van der Waals surface area contributed by atoms with Crippen LogP contribution in [0.25, 0.3) is 0 Å². The Hall–Kier alpha value is -12.8. The van der Waals surface area contributed by atoms with E-state index >= 15 is 0 Å². The number of nitrogens with zero attached hydrogens (tertiary/aromatic N) is 12. The van der Waals surface area contributed by atoms with Crippen LogP contribution in [0.4, 0.5) is 0 Å². The van der Waals surface area contributed by atoms with Crippen LogP contribution in [0.15, 0.2) is 30.5 Å². The van der Waals surface area contributed by atoms with Crippen LogP contribution in [-0.2, 0) is 234 Å². The van der Waals surface area contributed by atoms with Crippen molar-refractivity contribution >= 4 is 101 Å². The van der Waals surface area contributed by atoms with E-state index in [0.717, 1.165) is 83.1 Å². The average molecular weight is 2140 g/mol. The van der Waals surface area contributed by atoms with Crippen molar-refractivity contribution in [1.29, 1.82) is 0 Å². The number of carboxylic acid groups (broad SMARTS) is 1. The number of ether oxygens (including phenoxy) is 24. The van der Waals surface area contributed by atoms with E-state index in [-0.39, 0.29) is 138 Å². The van der Waals surface area contributed by atoms with Gasteiger partial charge in [-0.1, -0.05) is 22.1 Å². The Labute approximate surface area is 861 Å². The van der Waals surface area contributed by atoms with Crippen molar-refractivity contribution < 1.29 is 200 Å². The van der Waals surface area contributed by atoms with Crippen LogP contribution in [0.2, 0.25) is 0 Å². The third-order valence-corrected chi connectivity index (χ3v) is 22.1. The van der Waals surface area contributed by atoms with Crippen LogP contribution in [0.5, 0.6) is 0 Å². The molecule has 60 heteroatoms. The first kappa shape index (κ1) is 122. The molecular weight excluding hydrogens is 2010 g/mol. The van der Waals surface area contributed by atoms with E-state index in [0.29, 0.717) is 42.2 Å². The lowest BCUT2D eigenvalue weighted by molar-refractivity contribution is -0.279. The van der Waals surface area contributed by atoms with Gasteiger partial charge in [0.1, 0.15) is 81.1 Å². The molecule has 0 aliphatic carbocycles. The van der Waals surface area contributed by atoms with Crippen LogP contribution in [0, 0.1) is 0 Å². The number of carboxylic acids is 1. The van der Waals surface area contributed by atoms with Crippen LogP contribution < -0.4 is 32.2 Å². The number of aliphatic carboxylic acids is 1. The highest BCUT2D eigenvalue weighted by molar-refractivity contribution is 5.77. The molecule has 3 aromatic heterocycles. The minimum Gasteiger partial charge on any atom is -0.480 e. The van der Waals surface area contributed by atoms with Crippen molar-refractivity contribution in [3.63, 3.8) is 0 Å². The molecule has 4 fully saturated rings. The summed E-state index contributed by atoms with van der Waals surface area (Å²) in [5, 5.41) is 49.9. The molecule has 0 spiro atoms. The van der Waals surface area contributed by atoms with Crippen molar-refractivity contribution in [1.82, 2.24) is 92.0 Å². The minimum atomic E-state index is -1.37. The van der Waals surface area contributed by atoms with E-state index in [1.165, 1.54) is 37.1 Å². The van der Waals surface area contributed by atoms with E-state index in [2.05, 4.69) is 63.2 Å². The van der Waals surface area contributed by atoms with Gasteiger partial charge < -0.3 is 145 Å². The van der Waals surface area contributed by atoms with E-state index in [4.69, 9.17) is 114 Å². The highest BCUT2D eigenvalue weighted by atomic mass is 16.8. The molecule has 0 unspecified atom stereocenters. The van der Waals surface area contributed by atoms with Gasteiger partial charge in [-0.25, -0.2) is 14.0 Å². The summed E-state index contributed by atoms with van der Waals surface area (Å²) in [7, 11) is 0. The van der Waals surface area contributed by atoms with Gasteiger partial charge >= 0.3 is 77.6 Å². The third-order valence-electron chi connectivity index (χ3n) is 22.1. The standard InChI is InChI=1S/C90H136N18O42/c1-49(109)91-74-82(143-61(13)121)78(139-57(9)117)70(45-135-53(5)113)147-87(74)131-33-29-127-25-21-105-41-65(95-99-105)37-103(38-66-42-106(100-96-66)22-26-128-30-34-132-88-75(92-50(2)110)83(144-62(14)122)79(140-58(10)118)71(148-88)46-136-54(6)114)20-18-17-19-69(86(125)126)104(39-67-43-107(101-97-67)23-27-129-31-35-133-89-76(93-51(3)111)84(145-63(15)123)80(141-59(11)119)72(149-89)47-137-55(7)115)40-68-44-108(102-98-68)24-28-130-32-36-134-90-77(94-52(4)112)85(146-64(16)124)81(142-60(12)120)73(150-90)48-138-56(8)116/h41-44,69-85,87-90,95,99H,17-40,45-48H2,1-16H3,(H,91,109)(H,92,110)(H,93,111)(H,94,112)(H,125,126)/t69-,70+,71+,72+,73+,74+,75+,76+,77+,78-,79-,80-,81-,82+,83+,84+,85+,87+,88+,89+,90+/m0/s1. The van der Waals surface area contributed by atoms with Gasteiger partial charge in [0, 0.05) is 162 Å². The molecule has 0 aromatic carbocycles. The number of hydrogen-bond donors (Lipinski definition) is 7. The number of unbranched alkanes of at least 4 members (excludes halogenated alkanes) is 1. The summed E-state index contributed by atoms with van der Waals surface area (Å²) in [5.74, 6) is -12.6. The summed E-state index contributed by atoms with van der Waals surface area (Å²) in [4.78, 5) is 215. The first-order valence-electron chi connectivity index (χ1n) is 48.1. The van der Waals surface area contributed by atoms with Crippen molar-refractivity contribution in [3.05, 3.63) is 47.6 Å². The summed E-state index contributed by atoms with van der Waals surface area (Å²) in [6.45, 7) is 16.9. The number of carbonyl (C=O) groups excluding carboxylic acids is 16. The monoisotopic (exact) mass is 2140 g/mol. The van der Waals surface area contributed by atoms with Gasteiger partial charge in [-0.15, -0.1) is 20.8 Å². The molecular formula is C90H136N18O42. The summed E-state index contributed by atoms with van der Waals surface area (Å²) >= 11 is 0. The van der Waals surface area contributed by atoms with Gasteiger partial charge in [0.15, 0.2) is 74.0 Å². The lowest BCUT2D eigenvalue weighted by Crippen LogP contribution is -2.66. The average Bonchev–Trinajstić information content (AvgIpc) is 0.909. The molecule has 0 radical (unpaired) electrons. The normalized spacial score (nSPS) is 24.1. The highest BCUT2D eigenvalue weighted by Crippen LogP contribution is 2.34. The number of hydrogen-bond acceptors (Lipinski definition) is 52. The SMILES string of the molecule is CC(=O)N[C@H]1[C@H](OCCOCCN2C=C(CN(CCCC[C@@H](C(=O)O)N(Cc3cn(CCOCCO[C@@H]4O[C@H](COC(C)=O)[C@H](OC(C)=O)[C@H](OC(C)=O)[C@H]4NC(C)=O)nn3)Cc3cn(CCOCCO[C@@H]4O[C@H](COC(C)=O)[C@H](OC(C)=O)[C@H](OC(C)=O)[C@H]4NC(C)=O)nn3)Cc3cn(CCOCCO[C@@H]4O[C@H](COC(C)=O)[C@H](OC(C)=O)[C@H](OC(C)=O)[C@H]4NC(C)=O)nn3)NN2)O[C@H](COC(C)=O)[C@H](OC(C)=O)[C@@H]1OC(C)=O. The van der Waals surface area contributed by atoms with Gasteiger partial charge in [0.25, 0.3) is 0 Å². The second kappa shape index (κ2) is 62.7. The first-order chi connectivity index (χ1) is 71.3. The smallest absolute Gasteiger partial charge is 0.320 e. The number of amides is 4. The fourth-order valence-electron chi connectivity index (χ4n) is 16.3. The molecule has 21 atom stereocenters. The Morgan fingerprint density at radius 3 is 0.887 bits per heavy atom. The number of nitrogens with one attached hydrogen (secondary N) is 6. The Morgan fingerprint density at radius 1 is 0.347 bits per heavy atom. The van der Waals surface area contributed by atoms with Gasteiger partial charge in [-0.05, 0) is 19.4 Å². The summed E-state index contributed by atoms with van der Waals surface area (Å²) in [6.07, 6.45) is -13.7. The number of esters is 12. The second-order valence-corrected chi connectivity index (χ2v) is 34.8. The number of hydrazine groups is 2. The predicted molar refractivity (Wildman–Crippen MR) is 494 cm³/mol. The Morgan fingerprint density at radius 2 is 0.620 bits per heavy atom. The topological polar surface area (TPSA) is 706 Å². The fraction of sp³-hybridized carbons (Fsp3) is 0.722. The maximum absolute atomic E-state index is 13.9. The molecule has 5 aliphatic heterocycles. The van der Waals surface area contributed by atoms with Crippen molar-refractivity contribution in [3.8, 4) is 0 Å². The maximum Gasteiger partial charge on any atom is 0.320 e. The predicted octanol–water partition coefficient (Wildman–Crippen LogP) is -4.49. The highest BCUT2D eigenvalue weighted by Gasteiger charge is 2.56. The summed E-state index contributed by atoms with van der Waals surface area (Å²) in [6, 6.07) is -6.13. The Balaban J connectivity index is 0.976. The molecule has 5 aliphatic rings. The number of aromatic nitrogens is 9. The zero-order valence-electron chi connectivity index (χ0n) is 86.3. The lowest BCUT2D eigenvalue weighted by atomic mass is 9.96. The molecule has 4 saturated heterocycles. The minimum absolute atomic E-state index is 0.00940. The zero-order chi connectivity index (χ0) is 110. The molecule has 4 amide bonds. The molecule has 8 heterocycles. The van der Waals surface area contributed by atoms with E-state index in [1.807, 2.05) is 4.90 Å². The quantitative estimate of drug-likeness (QED) is 0.0159. The lowest BCUT2D eigenvalue weighted by Gasteiger charge is -2.44. The number of carbonyl (C=O) groups is 17. The summed E-state index contributed by atoms with van der Waals surface area (Å²) in [5.41, 5.74) is 8.11. The van der Waals surface area contributed by atoms with Gasteiger partial charge in [0.2, 0.25) is 23.6 Å². The van der Waals surface area contributed by atoms with Gasteiger partial charge in [-0.3, -0.25) is 96.3 Å². The molecule has 60 nitrogen and oxygen atoms in total. The molecule has 0 bridgehead atoms. The molecule has 3 aromatic rings. The molecule has 8 rings (SSSR count). The fourth-order valence-corrected chi connectivity index (χ4v) is 16.3. The summed E-state index contributed by atoms with van der Waals surface area (Å²) < 4.78 is 142. The first-order valence-corrected chi connectivity index (χ1v) is 48.1. The number of rotatable bonds is 63. The van der Waals surface area contributed by atoms with Crippen molar-refractivity contribution in [2.24, 2.45) is 0 Å². The van der Waals surface area contributed by atoms with E-state index in [1.54, 1.807) is 39.4 Å². The van der Waals surface area contributed by atoms with E-state index in [9.17, 15) is 86.6 Å². The van der Waals surface area contributed by atoms with Crippen molar-refractivity contribution in [2.75, 3.05) is 125 Å². The van der Waals surface area contributed by atoms with Crippen LogP contribution in [0.1, 0.15) is 147 Å². The van der Waals surface area contributed by atoms with Gasteiger partial charge in [0.05, 0.1) is 128 Å². The molecule has 150 heavy (non-hydrogen) atoms. The third kappa shape index (κ3) is 42.9. The van der Waals surface area contributed by atoms with Crippen LogP contribution in [0.3, 0.4) is 0 Å².